The topological polar surface area (TPSA) is 38.3 Å². The van der Waals surface area contributed by atoms with Gasteiger partial charge in [-0.05, 0) is 48.7 Å². The smallest absolute Gasteiger partial charge is 0.252 e. The van der Waals surface area contributed by atoms with Gasteiger partial charge in [-0.3, -0.25) is 4.79 Å². The van der Waals surface area contributed by atoms with Crippen LogP contribution in [0.4, 0.5) is 0 Å². The first kappa shape index (κ1) is 17.0. The van der Waals surface area contributed by atoms with E-state index < -0.39 is 0 Å². The standard InChI is InChI=1S/C16H15Cl2NO2S/c1-22-13-6-7-15(18)14(10-13)16(20)19-8-9-21-12-4-2-11(17)3-5-12/h2-7,10H,8-9H2,1H3,(H,19,20). The van der Waals surface area contributed by atoms with Crippen LogP contribution in [0.15, 0.2) is 47.4 Å². The fourth-order valence-corrected chi connectivity index (χ4v) is 2.53. The molecule has 22 heavy (non-hydrogen) atoms. The van der Waals surface area contributed by atoms with Crippen molar-refractivity contribution < 1.29 is 9.53 Å². The summed E-state index contributed by atoms with van der Waals surface area (Å²) < 4.78 is 5.51. The summed E-state index contributed by atoms with van der Waals surface area (Å²) in [5.41, 5.74) is 0.472. The maximum absolute atomic E-state index is 12.1. The van der Waals surface area contributed by atoms with Crippen molar-refractivity contribution in [3.8, 4) is 5.75 Å². The largest absolute Gasteiger partial charge is 0.492 e. The number of rotatable bonds is 6. The molecule has 1 N–H and O–H groups in total. The number of ether oxygens (including phenoxy) is 1. The van der Waals surface area contributed by atoms with Crippen LogP contribution in [-0.2, 0) is 0 Å². The molecule has 2 rings (SSSR count). The summed E-state index contributed by atoms with van der Waals surface area (Å²) >= 11 is 13.4. The lowest BCUT2D eigenvalue weighted by molar-refractivity contribution is 0.0947. The quantitative estimate of drug-likeness (QED) is 0.611. The van der Waals surface area contributed by atoms with Crippen LogP contribution >= 0.6 is 35.0 Å². The van der Waals surface area contributed by atoms with E-state index in [1.165, 1.54) is 0 Å². The van der Waals surface area contributed by atoms with Crippen molar-refractivity contribution in [1.29, 1.82) is 0 Å². The van der Waals surface area contributed by atoms with Crippen LogP contribution in [-0.4, -0.2) is 25.3 Å². The van der Waals surface area contributed by atoms with Gasteiger partial charge in [0.05, 0.1) is 17.1 Å². The van der Waals surface area contributed by atoms with Gasteiger partial charge in [-0.1, -0.05) is 23.2 Å². The molecule has 0 saturated heterocycles. The number of benzene rings is 2. The molecular formula is C16H15Cl2NO2S. The molecule has 2 aromatic carbocycles. The summed E-state index contributed by atoms with van der Waals surface area (Å²) in [5.74, 6) is 0.502. The molecule has 0 fully saturated rings. The predicted octanol–water partition coefficient (Wildman–Crippen LogP) is 4.52. The fourth-order valence-electron chi connectivity index (χ4n) is 1.76. The number of carbonyl (C=O) groups excluding carboxylic acids is 1. The van der Waals surface area contributed by atoms with Crippen molar-refractivity contribution in [3.05, 3.63) is 58.1 Å². The van der Waals surface area contributed by atoms with Crippen molar-refractivity contribution in [2.24, 2.45) is 0 Å². The van der Waals surface area contributed by atoms with Crippen molar-refractivity contribution in [1.82, 2.24) is 5.32 Å². The van der Waals surface area contributed by atoms with Crippen molar-refractivity contribution in [3.63, 3.8) is 0 Å². The van der Waals surface area contributed by atoms with Crippen LogP contribution in [0.2, 0.25) is 10.0 Å². The molecule has 0 aromatic heterocycles. The summed E-state index contributed by atoms with van der Waals surface area (Å²) in [6, 6.07) is 12.5. The first-order valence-electron chi connectivity index (χ1n) is 6.60. The van der Waals surface area contributed by atoms with Gasteiger partial charge >= 0.3 is 0 Å². The van der Waals surface area contributed by atoms with E-state index in [4.69, 9.17) is 27.9 Å². The van der Waals surface area contributed by atoms with Gasteiger partial charge in [-0.25, -0.2) is 0 Å². The number of hydrogen-bond acceptors (Lipinski definition) is 3. The van der Waals surface area contributed by atoms with Gasteiger partial charge in [0.1, 0.15) is 12.4 Å². The van der Waals surface area contributed by atoms with E-state index >= 15 is 0 Å². The molecule has 0 aliphatic rings. The molecule has 1 amide bonds. The Hall–Kier alpha value is -1.36. The molecule has 0 bridgehead atoms. The zero-order chi connectivity index (χ0) is 15.9. The second-order valence-electron chi connectivity index (χ2n) is 4.40. The molecular weight excluding hydrogens is 341 g/mol. The molecule has 0 spiro atoms. The Morgan fingerprint density at radius 3 is 2.59 bits per heavy atom. The minimum absolute atomic E-state index is 0.208. The molecule has 116 valence electrons. The molecule has 0 radical (unpaired) electrons. The Bertz CT molecular complexity index is 647. The van der Waals surface area contributed by atoms with Gasteiger partial charge in [-0.2, -0.15) is 0 Å². The molecule has 0 atom stereocenters. The summed E-state index contributed by atoms with van der Waals surface area (Å²) in [6.07, 6.45) is 1.95. The molecule has 6 heteroatoms. The second kappa shape index (κ2) is 8.32. The minimum atomic E-state index is -0.208. The zero-order valence-electron chi connectivity index (χ0n) is 11.9. The Morgan fingerprint density at radius 1 is 1.18 bits per heavy atom. The molecule has 0 aliphatic heterocycles. The normalized spacial score (nSPS) is 10.3. The lowest BCUT2D eigenvalue weighted by atomic mass is 10.2. The molecule has 0 unspecified atom stereocenters. The van der Waals surface area contributed by atoms with Gasteiger partial charge in [-0.15, -0.1) is 11.8 Å². The van der Waals surface area contributed by atoms with E-state index in [1.54, 1.807) is 48.2 Å². The van der Waals surface area contributed by atoms with Crippen LogP contribution in [0.5, 0.6) is 5.75 Å². The maximum Gasteiger partial charge on any atom is 0.252 e. The van der Waals surface area contributed by atoms with E-state index in [0.717, 1.165) is 4.90 Å². The second-order valence-corrected chi connectivity index (χ2v) is 6.13. The van der Waals surface area contributed by atoms with Gasteiger partial charge < -0.3 is 10.1 Å². The van der Waals surface area contributed by atoms with E-state index in [1.807, 2.05) is 12.3 Å². The summed E-state index contributed by atoms with van der Waals surface area (Å²) in [6.45, 7) is 0.758. The third-order valence-corrected chi connectivity index (χ3v) is 4.20. The minimum Gasteiger partial charge on any atom is -0.492 e. The van der Waals surface area contributed by atoms with Gasteiger partial charge in [0.2, 0.25) is 0 Å². The Morgan fingerprint density at radius 2 is 1.91 bits per heavy atom. The van der Waals surface area contributed by atoms with Crippen molar-refractivity contribution >= 4 is 40.9 Å². The Labute approximate surface area is 144 Å². The predicted molar refractivity (Wildman–Crippen MR) is 92.5 cm³/mol. The van der Waals surface area contributed by atoms with Gasteiger partial charge in [0.25, 0.3) is 5.91 Å². The van der Waals surface area contributed by atoms with Crippen LogP contribution in [0, 0.1) is 0 Å². The highest BCUT2D eigenvalue weighted by Crippen LogP contribution is 2.22. The maximum atomic E-state index is 12.1. The lowest BCUT2D eigenvalue weighted by Gasteiger charge is -2.09. The summed E-state index contributed by atoms with van der Waals surface area (Å²) in [5, 5.41) is 3.88. The van der Waals surface area contributed by atoms with E-state index in [-0.39, 0.29) is 5.91 Å². The van der Waals surface area contributed by atoms with Crippen molar-refractivity contribution in [2.45, 2.75) is 4.90 Å². The molecule has 2 aromatic rings. The van der Waals surface area contributed by atoms with Crippen molar-refractivity contribution in [2.75, 3.05) is 19.4 Å². The average Bonchev–Trinajstić information content (AvgIpc) is 2.53. The zero-order valence-corrected chi connectivity index (χ0v) is 14.3. The van der Waals surface area contributed by atoms with Gasteiger partial charge in [0.15, 0.2) is 0 Å². The summed E-state index contributed by atoms with van der Waals surface area (Å²) in [4.78, 5) is 13.1. The first-order valence-corrected chi connectivity index (χ1v) is 8.58. The number of thioether (sulfide) groups is 1. The van der Waals surface area contributed by atoms with Crippen LogP contribution in [0.25, 0.3) is 0 Å². The van der Waals surface area contributed by atoms with Gasteiger partial charge in [0, 0.05) is 9.92 Å². The van der Waals surface area contributed by atoms with E-state index in [2.05, 4.69) is 5.32 Å². The number of halogens is 2. The first-order chi connectivity index (χ1) is 10.6. The highest BCUT2D eigenvalue weighted by atomic mass is 35.5. The molecule has 3 nitrogen and oxygen atoms in total. The molecule has 0 aliphatic carbocycles. The van der Waals surface area contributed by atoms with E-state index in [9.17, 15) is 4.79 Å². The molecule has 0 saturated carbocycles. The third-order valence-electron chi connectivity index (χ3n) is 2.89. The lowest BCUT2D eigenvalue weighted by Crippen LogP contribution is -2.28. The van der Waals surface area contributed by atoms with Crippen LogP contribution in [0.1, 0.15) is 10.4 Å². The Balaban J connectivity index is 1.84. The third kappa shape index (κ3) is 4.83. The number of hydrogen-bond donors (Lipinski definition) is 1. The average molecular weight is 356 g/mol. The van der Waals surface area contributed by atoms with Crippen LogP contribution in [0.3, 0.4) is 0 Å². The number of amides is 1. The number of nitrogens with one attached hydrogen (secondary N) is 1. The van der Waals surface area contributed by atoms with Crippen LogP contribution < -0.4 is 10.1 Å². The monoisotopic (exact) mass is 355 g/mol. The summed E-state index contributed by atoms with van der Waals surface area (Å²) in [7, 11) is 0. The fraction of sp³-hybridized carbons (Fsp3) is 0.188. The Kier molecular flexibility index (Phi) is 6.43. The number of carbonyl (C=O) groups is 1. The SMILES string of the molecule is CSc1ccc(Cl)c(C(=O)NCCOc2ccc(Cl)cc2)c1. The van der Waals surface area contributed by atoms with E-state index in [0.29, 0.717) is 34.5 Å². The highest BCUT2D eigenvalue weighted by molar-refractivity contribution is 7.98. The highest BCUT2D eigenvalue weighted by Gasteiger charge is 2.10. The molecule has 0 heterocycles.